The highest BCUT2D eigenvalue weighted by Crippen LogP contribution is 2.23. The van der Waals surface area contributed by atoms with Crippen LogP contribution in [0.25, 0.3) is 0 Å². The number of anilines is 1. The molecular weight excluding hydrogens is 238 g/mol. The van der Waals surface area contributed by atoms with Gasteiger partial charge in [-0.15, -0.1) is 11.8 Å². The van der Waals surface area contributed by atoms with Crippen LogP contribution in [0.5, 0.6) is 0 Å². The molecule has 1 atom stereocenters. The standard InChI is InChI=1S/C8H9NO4S2/c1-14-5-2-3-7(9-15(12)13)6(4-5)8(10)11/h2-4,9H,1H3,(H,10,11)(H,12,13). The maximum absolute atomic E-state index is 10.8. The van der Waals surface area contributed by atoms with Crippen molar-refractivity contribution in [1.29, 1.82) is 0 Å². The van der Waals surface area contributed by atoms with Gasteiger partial charge in [-0.2, -0.15) is 0 Å². The van der Waals surface area contributed by atoms with Crippen molar-refractivity contribution in [1.82, 2.24) is 0 Å². The second-order valence-corrected chi connectivity index (χ2v) is 4.15. The highest BCUT2D eigenvalue weighted by Gasteiger charge is 2.11. The molecule has 0 saturated heterocycles. The van der Waals surface area contributed by atoms with Crippen LogP contribution in [0.1, 0.15) is 10.4 Å². The number of rotatable bonds is 4. The molecule has 1 aromatic rings. The largest absolute Gasteiger partial charge is 0.478 e. The van der Waals surface area contributed by atoms with Gasteiger partial charge < -0.3 is 5.11 Å². The van der Waals surface area contributed by atoms with Crippen LogP contribution in [0.4, 0.5) is 5.69 Å². The first-order chi connectivity index (χ1) is 7.04. The van der Waals surface area contributed by atoms with Crippen molar-refractivity contribution in [2.75, 3.05) is 11.0 Å². The number of hydrogen-bond donors (Lipinski definition) is 3. The van der Waals surface area contributed by atoms with Gasteiger partial charge in [-0.3, -0.25) is 9.27 Å². The van der Waals surface area contributed by atoms with Crippen LogP contribution in [-0.4, -0.2) is 26.1 Å². The first-order valence-electron chi connectivity index (χ1n) is 3.83. The summed E-state index contributed by atoms with van der Waals surface area (Å²) >= 11 is -0.874. The Bertz CT molecular complexity index is 408. The molecule has 3 N–H and O–H groups in total. The molecule has 82 valence electrons. The number of nitrogens with one attached hydrogen (secondary N) is 1. The van der Waals surface area contributed by atoms with E-state index in [-0.39, 0.29) is 11.3 Å². The molecule has 0 radical (unpaired) electrons. The van der Waals surface area contributed by atoms with Crippen LogP contribution in [0.2, 0.25) is 0 Å². The summed E-state index contributed by atoms with van der Waals surface area (Å²) in [5.74, 6) is -1.14. The maximum Gasteiger partial charge on any atom is 0.337 e. The summed E-state index contributed by atoms with van der Waals surface area (Å²) in [6, 6.07) is 4.58. The molecule has 0 aliphatic heterocycles. The van der Waals surface area contributed by atoms with E-state index < -0.39 is 17.2 Å². The van der Waals surface area contributed by atoms with E-state index in [1.54, 1.807) is 6.07 Å². The molecule has 0 aliphatic rings. The van der Waals surface area contributed by atoms with Gasteiger partial charge in [0.25, 0.3) is 11.3 Å². The average Bonchev–Trinajstić information content (AvgIpc) is 2.17. The average molecular weight is 247 g/mol. The zero-order valence-electron chi connectivity index (χ0n) is 7.76. The SMILES string of the molecule is CSc1ccc(NS(=O)O)c(C(=O)O)c1. The quantitative estimate of drug-likeness (QED) is 0.556. The van der Waals surface area contributed by atoms with Gasteiger partial charge in [0.1, 0.15) is 0 Å². The zero-order chi connectivity index (χ0) is 11.4. The van der Waals surface area contributed by atoms with Crippen molar-refractivity contribution in [2.45, 2.75) is 4.90 Å². The minimum Gasteiger partial charge on any atom is -0.478 e. The lowest BCUT2D eigenvalue weighted by atomic mass is 10.2. The van der Waals surface area contributed by atoms with Gasteiger partial charge in [-0.05, 0) is 24.5 Å². The molecule has 0 aliphatic carbocycles. The summed E-state index contributed by atoms with van der Waals surface area (Å²) in [7, 11) is 0. The third-order valence-electron chi connectivity index (χ3n) is 1.65. The molecule has 0 heterocycles. The molecule has 0 saturated carbocycles. The van der Waals surface area contributed by atoms with E-state index in [9.17, 15) is 9.00 Å². The summed E-state index contributed by atoms with van der Waals surface area (Å²) in [6.07, 6.45) is 1.82. The second kappa shape index (κ2) is 5.15. The maximum atomic E-state index is 10.8. The predicted octanol–water partition coefficient (Wildman–Crippen LogP) is 1.66. The number of carboxylic acid groups (broad SMARTS) is 1. The van der Waals surface area contributed by atoms with Gasteiger partial charge in [0.05, 0.1) is 11.3 Å². The van der Waals surface area contributed by atoms with Crippen LogP contribution in [0.15, 0.2) is 23.1 Å². The third kappa shape index (κ3) is 3.22. The fraction of sp³-hybridized carbons (Fsp3) is 0.125. The zero-order valence-corrected chi connectivity index (χ0v) is 9.39. The highest BCUT2D eigenvalue weighted by molar-refractivity contribution is 7.98. The first-order valence-corrected chi connectivity index (χ1v) is 6.16. The Morgan fingerprint density at radius 1 is 1.53 bits per heavy atom. The number of benzene rings is 1. The Morgan fingerprint density at radius 3 is 2.67 bits per heavy atom. The van der Waals surface area contributed by atoms with E-state index in [0.29, 0.717) is 0 Å². The van der Waals surface area contributed by atoms with Crippen molar-refractivity contribution >= 4 is 34.7 Å². The molecule has 15 heavy (non-hydrogen) atoms. The number of hydrogen-bond acceptors (Lipinski definition) is 3. The summed E-state index contributed by atoms with van der Waals surface area (Å²) < 4.78 is 21.2. The van der Waals surface area contributed by atoms with Gasteiger partial charge >= 0.3 is 5.97 Å². The molecule has 1 rings (SSSR count). The highest BCUT2D eigenvalue weighted by atomic mass is 32.2. The molecule has 0 aromatic heterocycles. The molecule has 7 heteroatoms. The van der Waals surface area contributed by atoms with Crippen LogP contribution in [0.3, 0.4) is 0 Å². The van der Waals surface area contributed by atoms with Gasteiger partial charge in [0, 0.05) is 4.90 Å². The van der Waals surface area contributed by atoms with E-state index in [0.717, 1.165) is 4.90 Å². The monoisotopic (exact) mass is 247 g/mol. The lowest BCUT2D eigenvalue weighted by Crippen LogP contribution is -2.08. The van der Waals surface area contributed by atoms with E-state index >= 15 is 0 Å². The van der Waals surface area contributed by atoms with Gasteiger partial charge in [0.15, 0.2) is 0 Å². The van der Waals surface area contributed by atoms with Crippen molar-refractivity contribution in [3.05, 3.63) is 23.8 Å². The number of carboxylic acids is 1. The Morgan fingerprint density at radius 2 is 2.20 bits per heavy atom. The van der Waals surface area contributed by atoms with E-state index in [2.05, 4.69) is 4.72 Å². The second-order valence-electron chi connectivity index (χ2n) is 2.57. The normalized spacial score (nSPS) is 12.1. The molecule has 0 amide bonds. The topological polar surface area (TPSA) is 86.6 Å². The molecule has 5 nitrogen and oxygen atoms in total. The van der Waals surface area contributed by atoms with Crippen LogP contribution in [-0.2, 0) is 11.3 Å². The molecule has 0 fully saturated rings. The van der Waals surface area contributed by atoms with E-state index in [1.807, 2.05) is 6.26 Å². The van der Waals surface area contributed by atoms with Crippen molar-refractivity contribution in [2.24, 2.45) is 0 Å². The van der Waals surface area contributed by atoms with Gasteiger partial charge in [0.2, 0.25) is 0 Å². The lowest BCUT2D eigenvalue weighted by Gasteiger charge is -2.07. The molecule has 1 unspecified atom stereocenters. The minimum absolute atomic E-state index is 0.0238. The summed E-state index contributed by atoms with van der Waals surface area (Å²) in [5.41, 5.74) is 0.102. The van der Waals surface area contributed by atoms with Gasteiger partial charge in [-0.25, -0.2) is 9.00 Å². The van der Waals surface area contributed by atoms with Crippen LogP contribution < -0.4 is 4.72 Å². The Hall–Kier alpha value is -1.05. The van der Waals surface area contributed by atoms with Crippen molar-refractivity contribution in [3.8, 4) is 0 Å². The van der Waals surface area contributed by atoms with Crippen molar-refractivity contribution in [3.63, 3.8) is 0 Å². The smallest absolute Gasteiger partial charge is 0.337 e. The number of aromatic carboxylic acids is 1. The Kier molecular flexibility index (Phi) is 4.13. The third-order valence-corrected chi connectivity index (χ3v) is 2.77. The lowest BCUT2D eigenvalue weighted by molar-refractivity contribution is 0.0698. The van der Waals surface area contributed by atoms with E-state index in [4.69, 9.17) is 9.66 Å². The Balaban J connectivity index is 3.15. The number of carbonyl (C=O) groups is 1. The van der Waals surface area contributed by atoms with Crippen LogP contribution >= 0.6 is 11.8 Å². The fourth-order valence-corrected chi connectivity index (χ4v) is 1.82. The fourth-order valence-electron chi connectivity index (χ4n) is 1.01. The molecule has 0 spiro atoms. The predicted molar refractivity (Wildman–Crippen MR) is 59.6 cm³/mol. The van der Waals surface area contributed by atoms with Crippen molar-refractivity contribution < 1.29 is 18.7 Å². The van der Waals surface area contributed by atoms with E-state index in [1.165, 1.54) is 23.9 Å². The van der Waals surface area contributed by atoms with Gasteiger partial charge in [-0.1, -0.05) is 0 Å². The summed E-state index contributed by atoms with van der Waals surface area (Å²) in [5, 5.41) is 8.87. The Labute approximate surface area is 93.3 Å². The molecular formula is C8H9NO4S2. The minimum atomic E-state index is -2.27. The first kappa shape index (κ1) is 12.0. The van der Waals surface area contributed by atoms with Crippen LogP contribution in [0, 0.1) is 0 Å². The summed E-state index contributed by atoms with van der Waals surface area (Å²) in [4.78, 5) is 11.6. The molecule has 1 aromatic carbocycles. The molecule has 0 bridgehead atoms. The number of thioether (sulfide) groups is 1. The summed E-state index contributed by atoms with van der Waals surface area (Å²) in [6.45, 7) is 0.